The lowest BCUT2D eigenvalue weighted by atomic mass is 10.1. The van der Waals surface area contributed by atoms with E-state index in [4.69, 9.17) is 5.73 Å². The smallest absolute Gasteiger partial charge is 0.271 e. The van der Waals surface area contributed by atoms with E-state index in [-0.39, 0.29) is 5.91 Å². The Labute approximate surface area is 184 Å². The van der Waals surface area contributed by atoms with E-state index in [0.29, 0.717) is 11.1 Å². The molecule has 0 aliphatic carbocycles. The van der Waals surface area contributed by atoms with Crippen molar-refractivity contribution in [1.29, 1.82) is 0 Å². The van der Waals surface area contributed by atoms with Gasteiger partial charge >= 0.3 is 0 Å². The van der Waals surface area contributed by atoms with E-state index in [1.165, 1.54) is 37.4 Å². The van der Waals surface area contributed by atoms with E-state index in [1.807, 2.05) is 12.1 Å². The molecule has 164 valence electrons. The summed E-state index contributed by atoms with van der Waals surface area (Å²) >= 11 is 0. The highest BCUT2D eigenvalue weighted by Gasteiger charge is 2.06. The van der Waals surface area contributed by atoms with E-state index in [1.54, 1.807) is 36.6 Å². The van der Waals surface area contributed by atoms with Crippen molar-refractivity contribution in [1.82, 2.24) is 5.43 Å². The Morgan fingerprint density at radius 1 is 1.00 bits per heavy atom. The zero-order valence-corrected chi connectivity index (χ0v) is 18.4. The predicted molar refractivity (Wildman–Crippen MR) is 128 cm³/mol. The van der Waals surface area contributed by atoms with Crippen LogP contribution >= 0.6 is 0 Å². The number of carbonyl (C=O) groups excluding carboxylic acids is 2. The molecule has 6 nitrogen and oxygen atoms in total. The van der Waals surface area contributed by atoms with Crippen LogP contribution in [0.1, 0.15) is 61.0 Å². The summed E-state index contributed by atoms with van der Waals surface area (Å²) in [5.41, 5.74) is 10.9. The molecule has 0 aliphatic heterocycles. The second-order valence-corrected chi connectivity index (χ2v) is 7.35. The average Bonchev–Trinajstić information content (AvgIpc) is 2.78. The van der Waals surface area contributed by atoms with E-state index >= 15 is 0 Å². The number of nitrogens with zero attached hydrogens (tertiary/aromatic N) is 2. The topological polar surface area (TPSA) is 87.8 Å². The second-order valence-electron chi connectivity index (χ2n) is 7.35. The van der Waals surface area contributed by atoms with Crippen molar-refractivity contribution in [3.8, 4) is 0 Å². The highest BCUT2D eigenvalue weighted by molar-refractivity contribution is 5.96. The van der Waals surface area contributed by atoms with Crippen molar-refractivity contribution in [2.24, 2.45) is 10.8 Å². The lowest BCUT2D eigenvalue weighted by molar-refractivity contribution is -0.113. The number of carbonyl (C=O) groups is 2. The van der Waals surface area contributed by atoms with Gasteiger partial charge in [-0.1, -0.05) is 51.0 Å². The Kier molecular flexibility index (Phi) is 10.0. The third-order valence-electron chi connectivity index (χ3n) is 4.79. The molecule has 0 aliphatic rings. The monoisotopic (exact) mass is 420 g/mol. The normalized spacial score (nSPS) is 11.2. The average molecular weight is 421 g/mol. The number of anilines is 1. The van der Waals surface area contributed by atoms with Crippen LogP contribution in [0.4, 0.5) is 5.69 Å². The first-order valence-corrected chi connectivity index (χ1v) is 10.8. The third kappa shape index (κ3) is 8.46. The Hall–Kier alpha value is -3.41. The molecule has 2 aromatic carbocycles. The van der Waals surface area contributed by atoms with Gasteiger partial charge in [0.25, 0.3) is 5.91 Å². The maximum atomic E-state index is 12.3. The van der Waals surface area contributed by atoms with Crippen LogP contribution < -0.4 is 16.1 Å². The van der Waals surface area contributed by atoms with Crippen LogP contribution in [0, 0.1) is 0 Å². The maximum absolute atomic E-state index is 12.3. The number of hydrogen-bond donors (Lipinski definition) is 2. The summed E-state index contributed by atoms with van der Waals surface area (Å²) in [6.45, 7) is 6.54. The number of primary amides is 1. The number of hydrogen-bond acceptors (Lipinski definition) is 4. The van der Waals surface area contributed by atoms with Gasteiger partial charge in [0.15, 0.2) is 0 Å². The summed E-state index contributed by atoms with van der Waals surface area (Å²) in [6.07, 6.45) is 9.16. The molecule has 0 unspecified atom stereocenters. The van der Waals surface area contributed by atoms with Gasteiger partial charge < -0.3 is 10.6 Å². The van der Waals surface area contributed by atoms with Gasteiger partial charge in [-0.15, -0.1) is 0 Å². The fraction of sp³-hybridized carbons (Fsp3) is 0.320. The molecule has 31 heavy (non-hydrogen) atoms. The molecular weight excluding hydrogens is 388 g/mol. The summed E-state index contributed by atoms with van der Waals surface area (Å²) in [5.74, 6) is -0.864. The maximum Gasteiger partial charge on any atom is 0.271 e. The molecule has 3 N–H and O–H groups in total. The van der Waals surface area contributed by atoms with Gasteiger partial charge in [0.05, 0.1) is 6.21 Å². The van der Waals surface area contributed by atoms with Gasteiger partial charge in [0.1, 0.15) is 0 Å². The summed E-state index contributed by atoms with van der Waals surface area (Å²) in [5, 5.41) is 4.07. The highest BCUT2D eigenvalue weighted by Crippen LogP contribution is 2.16. The summed E-state index contributed by atoms with van der Waals surface area (Å²) in [6, 6.07) is 15.1. The van der Waals surface area contributed by atoms with E-state index in [9.17, 15) is 9.59 Å². The Morgan fingerprint density at radius 2 is 1.68 bits per heavy atom. The summed E-state index contributed by atoms with van der Waals surface area (Å²) in [4.78, 5) is 25.6. The van der Waals surface area contributed by atoms with Crippen molar-refractivity contribution in [2.75, 3.05) is 18.0 Å². The zero-order chi connectivity index (χ0) is 22.5. The Bertz CT molecular complexity index is 896. The standard InChI is InChI=1S/C25H32N4O2/c1-3-5-16-29(17-6-4-2)23-13-10-21(11-14-23)19-27-28-25(31)22-9-7-8-20(18-22)12-15-24(26)30/h7-15,18-19H,3-6,16-17H2,1-2H3,(H2,26,30)(H,28,31)/b15-12+,27-19+. The lowest BCUT2D eigenvalue weighted by Crippen LogP contribution is -2.25. The lowest BCUT2D eigenvalue weighted by Gasteiger charge is -2.24. The van der Waals surface area contributed by atoms with Crippen LogP contribution in [0.3, 0.4) is 0 Å². The number of benzene rings is 2. The van der Waals surface area contributed by atoms with Crippen molar-refractivity contribution < 1.29 is 9.59 Å². The van der Waals surface area contributed by atoms with Crippen LogP contribution in [0.5, 0.6) is 0 Å². The minimum atomic E-state index is -0.538. The van der Waals surface area contributed by atoms with Gasteiger partial charge in [-0.25, -0.2) is 5.43 Å². The zero-order valence-electron chi connectivity index (χ0n) is 18.4. The van der Waals surface area contributed by atoms with Gasteiger partial charge in [-0.3, -0.25) is 9.59 Å². The van der Waals surface area contributed by atoms with E-state index in [0.717, 1.165) is 18.7 Å². The number of nitrogens with two attached hydrogens (primary N) is 1. The number of rotatable bonds is 12. The third-order valence-corrected chi connectivity index (χ3v) is 4.79. The molecule has 0 heterocycles. The minimum absolute atomic E-state index is 0.326. The fourth-order valence-electron chi connectivity index (χ4n) is 3.03. The number of amides is 2. The van der Waals surface area contributed by atoms with Crippen LogP contribution in [0.2, 0.25) is 0 Å². The molecule has 0 radical (unpaired) electrons. The molecule has 2 aromatic rings. The Balaban J connectivity index is 1.97. The number of nitrogens with one attached hydrogen (secondary N) is 1. The van der Waals surface area contributed by atoms with E-state index < -0.39 is 5.91 Å². The minimum Gasteiger partial charge on any atom is -0.372 e. The molecule has 0 atom stereocenters. The molecule has 0 bridgehead atoms. The molecule has 0 spiro atoms. The molecule has 2 amide bonds. The van der Waals surface area contributed by atoms with Crippen molar-refractivity contribution >= 4 is 29.8 Å². The van der Waals surface area contributed by atoms with Crippen LogP contribution in [0.25, 0.3) is 6.08 Å². The molecule has 0 fully saturated rings. The molecular formula is C25H32N4O2. The molecule has 2 rings (SSSR count). The summed E-state index contributed by atoms with van der Waals surface area (Å²) in [7, 11) is 0. The van der Waals surface area contributed by atoms with Crippen LogP contribution in [-0.2, 0) is 4.79 Å². The van der Waals surface area contributed by atoms with Crippen molar-refractivity contribution in [3.05, 3.63) is 71.3 Å². The summed E-state index contributed by atoms with van der Waals surface area (Å²) < 4.78 is 0. The first-order valence-electron chi connectivity index (χ1n) is 10.8. The highest BCUT2D eigenvalue weighted by atomic mass is 16.2. The van der Waals surface area contributed by atoms with Gasteiger partial charge in [0.2, 0.25) is 5.91 Å². The van der Waals surface area contributed by atoms with Crippen molar-refractivity contribution in [3.63, 3.8) is 0 Å². The van der Waals surface area contributed by atoms with Crippen molar-refractivity contribution in [2.45, 2.75) is 39.5 Å². The predicted octanol–water partition coefficient (Wildman–Crippen LogP) is 4.36. The number of unbranched alkanes of at least 4 members (excludes halogenated alkanes) is 2. The first-order chi connectivity index (χ1) is 15.0. The first kappa shape index (κ1) is 23.9. The van der Waals surface area contributed by atoms with Gasteiger partial charge in [0, 0.05) is 30.4 Å². The van der Waals surface area contributed by atoms with Gasteiger partial charge in [-0.05, 0) is 54.3 Å². The van der Waals surface area contributed by atoms with E-state index in [2.05, 4.69) is 41.4 Å². The SMILES string of the molecule is CCCCN(CCCC)c1ccc(/C=N/NC(=O)c2cccc(/C=C/C(N)=O)c2)cc1. The van der Waals surface area contributed by atoms with Crippen LogP contribution in [0.15, 0.2) is 59.7 Å². The van der Waals surface area contributed by atoms with Crippen LogP contribution in [-0.4, -0.2) is 31.1 Å². The molecule has 0 saturated carbocycles. The largest absolute Gasteiger partial charge is 0.372 e. The molecule has 6 heteroatoms. The Morgan fingerprint density at radius 3 is 2.29 bits per heavy atom. The number of hydrazone groups is 1. The van der Waals surface area contributed by atoms with Gasteiger partial charge in [-0.2, -0.15) is 5.10 Å². The quantitative estimate of drug-likeness (QED) is 0.304. The fourth-order valence-corrected chi connectivity index (χ4v) is 3.03. The molecule has 0 saturated heterocycles. The molecule has 0 aromatic heterocycles. The second kappa shape index (κ2) is 13.0.